The van der Waals surface area contributed by atoms with Crippen molar-refractivity contribution in [1.29, 1.82) is 0 Å². The summed E-state index contributed by atoms with van der Waals surface area (Å²) in [5, 5.41) is 2.42. The number of carbonyl (C=O) groups excluding carboxylic acids is 1. The zero-order chi connectivity index (χ0) is 23.9. The molecule has 0 unspecified atom stereocenters. The van der Waals surface area contributed by atoms with Crippen LogP contribution in [0.4, 0.5) is 13.2 Å². The third kappa shape index (κ3) is 6.45. The van der Waals surface area contributed by atoms with Crippen LogP contribution in [0.3, 0.4) is 0 Å². The number of aromatic nitrogens is 1. The number of amides is 1. The lowest BCUT2D eigenvalue weighted by molar-refractivity contribution is -0.137. The Balaban J connectivity index is 2.06. The molecule has 0 fully saturated rings. The van der Waals surface area contributed by atoms with Crippen molar-refractivity contribution in [3.05, 3.63) is 64.1 Å². The summed E-state index contributed by atoms with van der Waals surface area (Å²) >= 11 is 0. The van der Waals surface area contributed by atoms with Gasteiger partial charge in [-0.3, -0.25) is 9.59 Å². The fourth-order valence-corrected chi connectivity index (χ4v) is 4.25. The number of nitrogens with one attached hydrogen (secondary N) is 1. The van der Waals surface area contributed by atoms with Crippen molar-refractivity contribution in [3.8, 4) is 11.8 Å². The van der Waals surface area contributed by atoms with Gasteiger partial charge in [-0.15, -0.1) is 0 Å². The number of hydrogen-bond acceptors (Lipinski definition) is 4. The molecule has 7 nitrogen and oxygen atoms in total. The van der Waals surface area contributed by atoms with Crippen molar-refractivity contribution in [2.45, 2.75) is 31.5 Å². The van der Waals surface area contributed by atoms with E-state index in [0.717, 1.165) is 29.0 Å². The molecule has 0 spiro atoms. The highest BCUT2D eigenvalue weighted by Crippen LogP contribution is 2.29. The van der Waals surface area contributed by atoms with Gasteiger partial charge in [0.1, 0.15) is 6.54 Å². The molecular formula is C21H22F3N3O4S. The fraction of sp³-hybridized carbons (Fsp3) is 0.333. The Hall–Kier alpha value is -3.10. The van der Waals surface area contributed by atoms with Crippen molar-refractivity contribution in [2.75, 3.05) is 19.6 Å². The highest BCUT2D eigenvalue weighted by molar-refractivity contribution is 7.89. The van der Waals surface area contributed by atoms with Crippen LogP contribution in [-0.2, 0) is 27.5 Å². The predicted molar refractivity (Wildman–Crippen MR) is 112 cm³/mol. The Morgan fingerprint density at radius 3 is 2.47 bits per heavy atom. The minimum absolute atomic E-state index is 0.113. The molecular weight excluding hydrogens is 447 g/mol. The molecule has 2 rings (SSSR count). The number of carbonyl (C=O) groups is 1. The van der Waals surface area contributed by atoms with E-state index < -0.39 is 39.8 Å². The van der Waals surface area contributed by atoms with Gasteiger partial charge in [0.15, 0.2) is 0 Å². The van der Waals surface area contributed by atoms with Gasteiger partial charge in [0.05, 0.1) is 17.0 Å². The SMILES string of the molecule is CCN(CC)S(=O)(=O)c1ccc(=O)n(CC(=O)NCC#Cc2cccc(C(F)(F)F)c2)c1. The van der Waals surface area contributed by atoms with E-state index in [1.807, 2.05) is 0 Å². The lowest BCUT2D eigenvalue weighted by Crippen LogP contribution is -2.34. The lowest BCUT2D eigenvalue weighted by atomic mass is 10.1. The van der Waals surface area contributed by atoms with Crippen LogP contribution in [0.5, 0.6) is 0 Å². The number of halogens is 3. The van der Waals surface area contributed by atoms with Crippen molar-refractivity contribution in [2.24, 2.45) is 0 Å². The summed E-state index contributed by atoms with van der Waals surface area (Å²) in [6.07, 6.45) is -3.38. The van der Waals surface area contributed by atoms with E-state index in [1.165, 1.54) is 22.5 Å². The van der Waals surface area contributed by atoms with Gasteiger partial charge in [-0.1, -0.05) is 31.8 Å². The van der Waals surface area contributed by atoms with Crippen molar-refractivity contribution in [1.82, 2.24) is 14.2 Å². The van der Waals surface area contributed by atoms with E-state index >= 15 is 0 Å². The van der Waals surface area contributed by atoms with Crippen LogP contribution in [0.2, 0.25) is 0 Å². The summed E-state index contributed by atoms with van der Waals surface area (Å²) in [7, 11) is -3.80. The normalized spacial score (nSPS) is 11.7. The molecule has 0 aliphatic carbocycles. The van der Waals surface area contributed by atoms with Crippen LogP contribution in [0, 0.1) is 11.8 Å². The average Bonchev–Trinajstić information content (AvgIpc) is 2.73. The summed E-state index contributed by atoms with van der Waals surface area (Å²) in [5.74, 6) is 4.45. The molecule has 1 N–H and O–H groups in total. The van der Waals surface area contributed by atoms with Gasteiger partial charge in [0.25, 0.3) is 5.56 Å². The van der Waals surface area contributed by atoms with Crippen LogP contribution < -0.4 is 10.9 Å². The summed E-state index contributed by atoms with van der Waals surface area (Å²) in [6.45, 7) is 3.27. The third-order valence-electron chi connectivity index (χ3n) is 4.41. The summed E-state index contributed by atoms with van der Waals surface area (Å²) < 4.78 is 65.5. The van der Waals surface area contributed by atoms with Crippen molar-refractivity contribution < 1.29 is 26.4 Å². The topological polar surface area (TPSA) is 88.5 Å². The summed E-state index contributed by atoms with van der Waals surface area (Å²) in [5.41, 5.74) is -1.25. The van der Waals surface area contributed by atoms with E-state index in [1.54, 1.807) is 13.8 Å². The Labute approximate surface area is 183 Å². The Bertz CT molecular complexity index is 1190. The molecule has 172 valence electrons. The van der Waals surface area contributed by atoms with Crippen molar-refractivity contribution >= 4 is 15.9 Å². The fourth-order valence-electron chi connectivity index (χ4n) is 2.77. The van der Waals surface area contributed by atoms with Gasteiger partial charge >= 0.3 is 6.18 Å². The highest BCUT2D eigenvalue weighted by atomic mass is 32.2. The molecule has 0 saturated heterocycles. The maximum atomic E-state index is 12.7. The zero-order valence-electron chi connectivity index (χ0n) is 17.4. The Morgan fingerprint density at radius 1 is 1.16 bits per heavy atom. The first-order chi connectivity index (χ1) is 15.0. The molecule has 0 aliphatic rings. The number of hydrogen-bond donors (Lipinski definition) is 1. The minimum Gasteiger partial charge on any atom is -0.344 e. The Kier molecular flexibility index (Phi) is 8.24. The molecule has 11 heteroatoms. The molecule has 1 heterocycles. The van der Waals surface area contributed by atoms with Crippen molar-refractivity contribution in [3.63, 3.8) is 0 Å². The van der Waals surface area contributed by atoms with E-state index in [4.69, 9.17) is 0 Å². The van der Waals surface area contributed by atoms with Crippen LogP contribution in [-0.4, -0.2) is 42.8 Å². The quantitative estimate of drug-likeness (QED) is 0.629. The standard InChI is InChI=1S/C21H22F3N3O4S/c1-3-27(4-2)32(30,31)18-10-11-20(29)26(14-18)15-19(28)25-12-6-8-16-7-5-9-17(13-16)21(22,23)24/h5,7,9-11,13-14H,3-4,12,15H2,1-2H3,(H,25,28). The molecule has 2 aromatic rings. The number of benzene rings is 1. The zero-order valence-corrected chi connectivity index (χ0v) is 18.3. The second-order valence-corrected chi connectivity index (χ2v) is 8.52. The molecule has 0 radical (unpaired) electrons. The number of alkyl halides is 3. The largest absolute Gasteiger partial charge is 0.416 e. The molecule has 1 aromatic carbocycles. The second kappa shape index (κ2) is 10.5. The molecule has 0 bridgehead atoms. The minimum atomic E-state index is -4.48. The van der Waals surface area contributed by atoms with Gasteiger partial charge in [0, 0.05) is 30.9 Å². The van der Waals surface area contributed by atoms with Crippen LogP contribution in [0.25, 0.3) is 0 Å². The number of sulfonamides is 1. The molecule has 32 heavy (non-hydrogen) atoms. The van der Waals surface area contributed by atoms with E-state index in [9.17, 15) is 31.2 Å². The lowest BCUT2D eigenvalue weighted by Gasteiger charge is -2.18. The van der Waals surface area contributed by atoms with Crippen LogP contribution in [0.1, 0.15) is 25.0 Å². The monoisotopic (exact) mass is 469 g/mol. The van der Waals surface area contributed by atoms with E-state index in [0.29, 0.717) is 0 Å². The highest BCUT2D eigenvalue weighted by Gasteiger charge is 2.30. The molecule has 0 atom stereocenters. The first kappa shape index (κ1) is 25.2. The van der Waals surface area contributed by atoms with Gasteiger partial charge in [-0.2, -0.15) is 17.5 Å². The maximum Gasteiger partial charge on any atom is 0.416 e. The average molecular weight is 469 g/mol. The Morgan fingerprint density at radius 2 is 1.84 bits per heavy atom. The first-order valence-corrected chi connectivity index (χ1v) is 11.1. The third-order valence-corrected chi connectivity index (χ3v) is 6.44. The second-order valence-electron chi connectivity index (χ2n) is 6.58. The van der Waals surface area contributed by atoms with Crippen LogP contribution in [0.15, 0.2) is 52.3 Å². The van der Waals surface area contributed by atoms with Gasteiger partial charge in [-0.05, 0) is 24.3 Å². The van der Waals surface area contributed by atoms with E-state index in [-0.39, 0.29) is 30.1 Å². The van der Waals surface area contributed by atoms with Gasteiger partial charge < -0.3 is 9.88 Å². The molecule has 1 amide bonds. The number of pyridine rings is 1. The van der Waals surface area contributed by atoms with Crippen LogP contribution >= 0.6 is 0 Å². The summed E-state index contributed by atoms with van der Waals surface area (Å²) in [6, 6.07) is 6.72. The predicted octanol–water partition coefficient (Wildman–Crippen LogP) is 2.07. The van der Waals surface area contributed by atoms with Gasteiger partial charge in [-0.25, -0.2) is 8.42 Å². The van der Waals surface area contributed by atoms with E-state index in [2.05, 4.69) is 17.2 Å². The number of rotatable bonds is 7. The van der Waals surface area contributed by atoms with Gasteiger partial charge in [0.2, 0.25) is 15.9 Å². The summed E-state index contributed by atoms with van der Waals surface area (Å²) in [4.78, 5) is 24.0. The first-order valence-electron chi connectivity index (χ1n) is 9.62. The smallest absolute Gasteiger partial charge is 0.344 e. The maximum absolute atomic E-state index is 12.7. The molecule has 0 aliphatic heterocycles. The molecule has 1 aromatic heterocycles. The number of nitrogens with zero attached hydrogens (tertiary/aromatic N) is 2. The molecule has 0 saturated carbocycles.